The van der Waals surface area contributed by atoms with Gasteiger partial charge in [-0.25, -0.2) is 0 Å². The lowest BCUT2D eigenvalue weighted by Gasteiger charge is -2.17. The molecule has 2 saturated carbocycles. The molecule has 0 saturated heterocycles. The second kappa shape index (κ2) is 6.23. The topological polar surface area (TPSA) is 126 Å². The summed E-state index contributed by atoms with van der Waals surface area (Å²) in [5.41, 5.74) is 1.15. The van der Waals surface area contributed by atoms with Crippen LogP contribution in [0.25, 0.3) is 0 Å². The molecule has 9 nitrogen and oxygen atoms in total. The van der Waals surface area contributed by atoms with E-state index in [1.807, 2.05) is 6.20 Å². The van der Waals surface area contributed by atoms with Crippen LogP contribution < -0.4 is 5.32 Å². The van der Waals surface area contributed by atoms with Gasteiger partial charge in [-0.3, -0.25) is 9.48 Å². The first-order valence-electron chi connectivity index (χ1n) is 8.51. The summed E-state index contributed by atoms with van der Waals surface area (Å²) in [5, 5.41) is 35.2. The molecule has 134 valence electrons. The number of aryl methyl sites for hydroxylation is 1. The Morgan fingerprint density at radius 3 is 2.88 bits per heavy atom. The third-order valence-electron chi connectivity index (χ3n) is 4.95. The summed E-state index contributed by atoms with van der Waals surface area (Å²) >= 11 is 0. The molecule has 0 radical (unpaired) electrons. The van der Waals surface area contributed by atoms with Gasteiger partial charge in [0.25, 0.3) is 5.91 Å². The minimum atomic E-state index is -1.03. The van der Waals surface area contributed by atoms with Gasteiger partial charge < -0.3 is 20.1 Å². The van der Waals surface area contributed by atoms with E-state index < -0.39 is 24.2 Å². The smallest absolute Gasteiger partial charge is 0.273 e. The Morgan fingerprint density at radius 1 is 1.40 bits per heavy atom. The molecular weight excluding hydrogens is 326 g/mol. The van der Waals surface area contributed by atoms with E-state index in [0.29, 0.717) is 24.6 Å². The van der Waals surface area contributed by atoms with Crippen LogP contribution in [0.15, 0.2) is 16.8 Å². The van der Waals surface area contributed by atoms with Crippen LogP contribution in [0.2, 0.25) is 0 Å². The van der Waals surface area contributed by atoms with E-state index in [0.717, 1.165) is 18.5 Å². The lowest BCUT2D eigenvalue weighted by Crippen LogP contribution is -2.43. The van der Waals surface area contributed by atoms with Gasteiger partial charge in [-0.15, -0.1) is 5.10 Å². The van der Waals surface area contributed by atoms with Crippen LogP contribution in [0.1, 0.15) is 47.1 Å². The van der Waals surface area contributed by atoms with Gasteiger partial charge in [-0.2, -0.15) is 0 Å². The third-order valence-corrected chi connectivity index (χ3v) is 4.95. The Bertz CT molecular complexity index is 768. The molecule has 25 heavy (non-hydrogen) atoms. The van der Waals surface area contributed by atoms with E-state index >= 15 is 0 Å². The summed E-state index contributed by atoms with van der Waals surface area (Å²) in [6, 6.07) is 0.982. The van der Waals surface area contributed by atoms with Crippen molar-refractivity contribution in [2.45, 2.75) is 56.9 Å². The Hall–Kier alpha value is -2.26. The predicted molar refractivity (Wildman–Crippen MR) is 84.6 cm³/mol. The molecule has 2 aromatic heterocycles. The minimum absolute atomic E-state index is 0.160. The van der Waals surface area contributed by atoms with Gasteiger partial charge >= 0.3 is 0 Å². The number of nitrogens with zero attached hydrogens (tertiary/aromatic N) is 4. The van der Waals surface area contributed by atoms with E-state index in [9.17, 15) is 15.0 Å². The van der Waals surface area contributed by atoms with Gasteiger partial charge in [0.1, 0.15) is 11.9 Å². The SMILES string of the molecule is Cc1cc(C(=O)N[C@@H]2C[C@H](Cn3cc(C4CC4)nn3)[C@@H](O)[C@H]2O)no1. The second-order valence-electron chi connectivity index (χ2n) is 7.02. The van der Waals surface area contributed by atoms with Crippen molar-refractivity contribution < 1.29 is 19.5 Å². The van der Waals surface area contributed by atoms with Crippen molar-refractivity contribution in [1.29, 1.82) is 0 Å². The van der Waals surface area contributed by atoms with Gasteiger partial charge in [0.15, 0.2) is 5.69 Å². The molecule has 0 aromatic carbocycles. The molecule has 2 heterocycles. The summed E-state index contributed by atoms with van der Waals surface area (Å²) in [4.78, 5) is 12.2. The molecule has 0 spiro atoms. The highest BCUT2D eigenvalue weighted by molar-refractivity contribution is 5.92. The molecule has 9 heteroatoms. The maximum absolute atomic E-state index is 12.2. The van der Waals surface area contributed by atoms with Crippen LogP contribution in [0, 0.1) is 12.8 Å². The molecule has 4 rings (SSSR count). The normalized spacial score (nSPS) is 29.1. The van der Waals surface area contributed by atoms with Crippen molar-refractivity contribution in [3.63, 3.8) is 0 Å². The lowest BCUT2D eigenvalue weighted by molar-refractivity contribution is 0.00757. The van der Waals surface area contributed by atoms with Crippen molar-refractivity contribution in [3.05, 3.63) is 29.4 Å². The fourth-order valence-electron chi connectivity index (χ4n) is 3.37. The monoisotopic (exact) mass is 347 g/mol. The highest BCUT2D eigenvalue weighted by atomic mass is 16.5. The quantitative estimate of drug-likeness (QED) is 0.694. The zero-order valence-corrected chi connectivity index (χ0v) is 13.9. The molecule has 2 aliphatic rings. The number of hydrogen-bond donors (Lipinski definition) is 3. The van der Waals surface area contributed by atoms with E-state index in [2.05, 4.69) is 20.8 Å². The van der Waals surface area contributed by atoms with Crippen molar-refractivity contribution in [2.24, 2.45) is 5.92 Å². The summed E-state index contributed by atoms with van der Waals surface area (Å²) in [6.07, 6.45) is 2.69. The third kappa shape index (κ3) is 3.29. The number of carbonyl (C=O) groups excluding carboxylic acids is 1. The minimum Gasteiger partial charge on any atom is -0.390 e. The lowest BCUT2D eigenvalue weighted by atomic mass is 10.1. The van der Waals surface area contributed by atoms with Crippen LogP contribution in [0.3, 0.4) is 0 Å². The summed E-state index contributed by atoms with van der Waals surface area (Å²) in [5.74, 6) is 0.414. The molecular formula is C16H21N5O4. The number of amides is 1. The van der Waals surface area contributed by atoms with Gasteiger partial charge in [0, 0.05) is 30.6 Å². The average Bonchev–Trinajstić information content (AvgIpc) is 3.08. The number of aliphatic hydroxyl groups is 2. The van der Waals surface area contributed by atoms with Crippen LogP contribution in [-0.2, 0) is 6.54 Å². The first-order chi connectivity index (χ1) is 12.0. The van der Waals surface area contributed by atoms with Gasteiger partial charge in [-0.1, -0.05) is 10.4 Å². The number of hydrogen-bond acceptors (Lipinski definition) is 7. The van der Waals surface area contributed by atoms with Gasteiger partial charge in [-0.05, 0) is 26.2 Å². The molecule has 0 aliphatic heterocycles. The molecule has 2 aromatic rings. The average molecular weight is 347 g/mol. The van der Waals surface area contributed by atoms with E-state index in [1.165, 1.54) is 6.07 Å². The van der Waals surface area contributed by atoms with Gasteiger partial charge in [0.05, 0.1) is 17.8 Å². The highest BCUT2D eigenvalue weighted by Gasteiger charge is 2.42. The van der Waals surface area contributed by atoms with E-state index in [-0.39, 0.29) is 11.6 Å². The Morgan fingerprint density at radius 2 is 2.20 bits per heavy atom. The number of nitrogens with one attached hydrogen (secondary N) is 1. The molecule has 0 unspecified atom stereocenters. The maximum atomic E-state index is 12.2. The zero-order valence-electron chi connectivity index (χ0n) is 13.9. The molecule has 3 N–H and O–H groups in total. The summed E-state index contributed by atoms with van der Waals surface area (Å²) in [7, 11) is 0. The van der Waals surface area contributed by atoms with Crippen molar-refractivity contribution in [3.8, 4) is 0 Å². The Kier molecular flexibility index (Phi) is 4.04. The first-order valence-corrected chi connectivity index (χ1v) is 8.51. The van der Waals surface area contributed by atoms with Crippen LogP contribution >= 0.6 is 0 Å². The van der Waals surface area contributed by atoms with Crippen molar-refractivity contribution in [2.75, 3.05) is 0 Å². The molecule has 2 fully saturated rings. The highest BCUT2D eigenvalue weighted by Crippen LogP contribution is 2.38. The Labute approximate surface area is 144 Å². The number of rotatable bonds is 5. The Balaban J connectivity index is 1.38. The first kappa shape index (κ1) is 16.2. The molecule has 0 bridgehead atoms. The van der Waals surface area contributed by atoms with E-state index in [1.54, 1.807) is 11.6 Å². The van der Waals surface area contributed by atoms with Crippen molar-refractivity contribution >= 4 is 5.91 Å². The number of aromatic nitrogens is 4. The summed E-state index contributed by atoms with van der Waals surface area (Å²) in [6.45, 7) is 2.15. The standard InChI is InChI=1S/C16H21N5O4/c1-8-4-12(19-25-8)16(24)17-11-5-10(14(22)15(11)23)6-21-7-13(18-20-21)9-2-3-9/h4,7,9-11,14-15,22-23H,2-3,5-6H2,1H3,(H,17,24)/t10-,11-,14-,15+/m1/s1. The fourth-order valence-corrected chi connectivity index (χ4v) is 3.37. The van der Waals surface area contributed by atoms with Crippen molar-refractivity contribution in [1.82, 2.24) is 25.5 Å². The van der Waals surface area contributed by atoms with Crippen LogP contribution in [0.4, 0.5) is 0 Å². The number of carbonyl (C=O) groups is 1. The molecule has 1 amide bonds. The second-order valence-corrected chi connectivity index (χ2v) is 7.02. The van der Waals surface area contributed by atoms with E-state index in [4.69, 9.17) is 4.52 Å². The fraction of sp³-hybridized carbons (Fsp3) is 0.625. The summed E-state index contributed by atoms with van der Waals surface area (Å²) < 4.78 is 6.59. The maximum Gasteiger partial charge on any atom is 0.273 e. The van der Waals surface area contributed by atoms with Crippen LogP contribution in [-0.4, -0.2) is 54.5 Å². The largest absolute Gasteiger partial charge is 0.390 e. The molecule has 2 aliphatic carbocycles. The van der Waals surface area contributed by atoms with Gasteiger partial charge in [0.2, 0.25) is 0 Å². The number of aliphatic hydroxyl groups excluding tert-OH is 2. The molecule has 4 atom stereocenters. The zero-order chi connectivity index (χ0) is 17.6. The van der Waals surface area contributed by atoms with Crippen LogP contribution in [0.5, 0.6) is 0 Å². The predicted octanol–water partition coefficient (Wildman–Crippen LogP) is -0.00778.